The first-order chi connectivity index (χ1) is 7.86. The highest BCUT2D eigenvalue weighted by Gasteiger charge is 2.11. The highest BCUT2D eigenvalue weighted by Crippen LogP contribution is 2.26. The van der Waals surface area contributed by atoms with E-state index in [0.29, 0.717) is 0 Å². The lowest BCUT2D eigenvalue weighted by atomic mass is 9.95. The van der Waals surface area contributed by atoms with Gasteiger partial charge < -0.3 is 4.74 Å². The van der Waals surface area contributed by atoms with Gasteiger partial charge in [-0.05, 0) is 55.5 Å². The van der Waals surface area contributed by atoms with Gasteiger partial charge in [0.1, 0.15) is 5.75 Å². The van der Waals surface area contributed by atoms with E-state index in [1.165, 1.54) is 35.9 Å². The summed E-state index contributed by atoms with van der Waals surface area (Å²) in [5, 5.41) is 1.19. The fraction of sp³-hybridized carbons (Fsp3) is 0.357. The summed E-state index contributed by atoms with van der Waals surface area (Å²) in [6, 6.07) is 8.37. The lowest BCUT2D eigenvalue weighted by Crippen LogP contribution is -2.05. The van der Waals surface area contributed by atoms with Gasteiger partial charge in [-0.25, -0.2) is 0 Å². The highest BCUT2D eigenvalue weighted by molar-refractivity contribution is 5.81. The third kappa shape index (κ3) is 1.54. The average molecular weight is 213 g/mol. The number of nitrogens with zero attached hydrogens (tertiary/aromatic N) is 1. The zero-order valence-corrected chi connectivity index (χ0v) is 9.49. The molecule has 1 aliphatic rings. The first-order valence-electron chi connectivity index (χ1n) is 5.83. The van der Waals surface area contributed by atoms with E-state index in [1.54, 1.807) is 7.11 Å². The first-order valence-corrected chi connectivity index (χ1v) is 5.83. The predicted octanol–water partition coefficient (Wildman–Crippen LogP) is 3.12. The third-order valence-electron chi connectivity index (χ3n) is 3.30. The Labute approximate surface area is 95.3 Å². The van der Waals surface area contributed by atoms with Gasteiger partial charge in [0.25, 0.3) is 0 Å². The number of hydrogen-bond donors (Lipinski definition) is 0. The van der Waals surface area contributed by atoms with Crippen LogP contribution < -0.4 is 4.74 Å². The van der Waals surface area contributed by atoms with E-state index in [4.69, 9.17) is 9.72 Å². The molecule has 1 heterocycles. The molecule has 0 bridgehead atoms. The summed E-state index contributed by atoms with van der Waals surface area (Å²) in [6.45, 7) is 0. The summed E-state index contributed by atoms with van der Waals surface area (Å²) in [5.74, 6) is 0.907. The molecule has 0 atom stereocenters. The summed E-state index contributed by atoms with van der Waals surface area (Å²) >= 11 is 0. The van der Waals surface area contributed by atoms with E-state index < -0.39 is 0 Å². The van der Waals surface area contributed by atoms with Crippen LogP contribution in [-0.4, -0.2) is 12.1 Å². The monoisotopic (exact) mass is 213 g/mol. The molecule has 1 aliphatic carbocycles. The summed E-state index contributed by atoms with van der Waals surface area (Å²) in [5.41, 5.74) is 3.80. The molecule has 2 heteroatoms. The van der Waals surface area contributed by atoms with E-state index in [2.05, 4.69) is 12.1 Å². The number of rotatable bonds is 1. The predicted molar refractivity (Wildman–Crippen MR) is 64.9 cm³/mol. The van der Waals surface area contributed by atoms with Crippen LogP contribution in [0.5, 0.6) is 5.75 Å². The molecule has 2 aromatic rings. The second-order valence-corrected chi connectivity index (χ2v) is 4.36. The van der Waals surface area contributed by atoms with Crippen LogP contribution in [0.3, 0.4) is 0 Å². The number of aromatic nitrogens is 1. The van der Waals surface area contributed by atoms with Gasteiger partial charge in [0.05, 0.1) is 12.6 Å². The summed E-state index contributed by atoms with van der Waals surface area (Å²) in [7, 11) is 1.70. The first kappa shape index (κ1) is 9.64. The zero-order valence-electron chi connectivity index (χ0n) is 9.49. The maximum atomic E-state index is 5.24. The van der Waals surface area contributed by atoms with Crippen molar-refractivity contribution in [3.05, 3.63) is 35.5 Å². The van der Waals surface area contributed by atoms with Crippen molar-refractivity contribution in [2.45, 2.75) is 25.7 Å². The van der Waals surface area contributed by atoms with E-state index in [9.17, 15) is 0 Å². The number of aryl methyl sites for hydroxylation is 2. The molecule has 16 heavy (non-hydrogen) atoms. The number of pyridine rings is 1. The topological polar surface area (TPSA) is 22.1 Å². The summed E-state index contributed by atoms with van der Waals surface area (Å²) in [6.07, 6.45) is 4.89. The molecule has 0 aliphatic heterocycles. The molecular formula is C14H15NO. The van der Waals surface area contributed by atoms with Crippen LogP contribution in [0.25, 0.3) is 10.9 Å². The van der Waals surface area contributed by atoms with Gasteiger partial charge in [0, 0.05) is 11.1 Å². The SMILES string of the molecule is COc1ccc2nc3c(cc2c1)CCCC3. The van der Waals surface area contributed by atoms with Gasteiger partial charge in [-0.1, -0.05) is 0 Å². The van der Waals surface area contributed by atoms with Crippen LogP contribution in [0.4, 0.5) is 0 Å². The second kappa shape index (κ2) is 3.78. The van der Waals surface area contributed by atoms with Crippen molar-refractivity contribution in [2.75, 3.05) is 7.11 Å². The Balaban J connectivity index is 2.19. The van der Waals surface area contributed by atoms with Crippen LogP contribution in [0.2, 0.25) is 0 Å². The molecule has 0 saturated carbocycles. The third-order valence-corrected chi connectivity index (χ3v) is 3.30. The van der Waals surface area contributed by atoms with Gasteiger partial charge in [-0.15, -0.1) is 0 Å². The summed E-state index contributed by atoms with van der Waals surface area (Å²) < 4.78 is 5.24. The van der Waals surface area contributed by atoms with Crippen molar-refractivity contribution in [3.63, 3.8) is 0 Å². The van der Waals surface area contributed by atoms with E-state index >= 15 is 0 Å². The number of ether oxygens (including phenoxy) is 1. The van der Waals surface area contributed by atoms with Crippen molar-refractivity contribution in [1.29, 1.82) is 0 Å². The van der Waals surface area contributed by atoms with E-state index in [1.807, 2.05) is 12.1 Å². The lowest BCUT2D eigenvalue weighted by Gasteiger charge is -2.15. The minimum absolute atomic E-state index is 0.907. The van der Waals surface area contributed by atoms with Gasteiger partial charge in [0.2, 0.25) is 0 Å². The van der Waals surface area contributed by atoms with Crippen molar-refractivity contribution in [3.8, 4) is 5.75 Å². The standard InChI is InChI=1S/C14H15NO/c1-16-12-6-7-14-11(9-12)8-10-4-2-3-5-13(10)15-14/h6-9H,2-5H2,1H3. The molecule has 1 aromatic carbocycles. The van der Waals surface area contributed by atoms with Crippen molar-refractivity contribution >= 4 is 10.9 Å². The van der Waals surface area contributed by atoms with E-state index in [0.717, 1.165) is 17.7 Å². The Bertz CT molecular complexity index is 533. The van der Waals surface area contributed by atoms with Gasteiger partial charge in [-0.2, -0.15) is 0 Å². The van der Waals surface area contributed by atoms with Gasteiger partial charge in [0.15, 0.2) is 0 Å². The van der Waals surface area contributed by atoms with Crippen LogP contribution in [-0.2, 0) is 12.8 Å². The Kier molecular flexibility index (Phi) is 2.28. The Hall–Kier alpha value is -1.57. The van der Waals surface area contributed by atoms with Gasteiger partial charge >= 0.3 is 0 Å². The van der Waals surface area contributed by atoms with Gasteiger partial charge in [-0.3, -0.25) is 4.98 Å². The van der Waals surface area contributed by atoms with Crippen molar-refractivity contribution in [2.24, 2.45) is 0 Å². The molecule has 0 amide bonds. The molecule has 82 valence electrons. The molecule has 3 rings (SSSR count). The highest BCUT2D eigenvalue weighted by atomic mass is 16.5. The maximum absolute atomic E-state index is 5.24. The van der Waals surface area contributed by atoms with Crippen LogP contribution in [0, 0.1) is 0 Å². The zero-order chi connectivity index (χ0) is 11.0. The quantitative estimate of drug-likeness (QED) is 0.726. The second-order valence-electron chi connectivity index (χ2n) is 4.36. The molecule has 0 unspecified atom stereocenters. The normalized spacial score (nSPS) is 14.8. The number of hydrogen-bond acceptors (Lipinski definition) is 2. The summed E-state index contributed by atoms with van der Waals surface area (Å²) in [4.78, 5) is 4.74. The van der Waals surface area contributed by atoms with Crippen LogP contribution in [0.1, 0.15) is 24.1 Å². The molecular weight excluding hydrogens is 198 g/mol. The minimum Gasteiger partial charge on any atom is -0.497 e. The van der Waals surface area contributed by atoms with Crippen LogP contribution >= 0.6 is 0 Å². The number of benzene rings is 1. The Morgan fingerprint density at radius 2 is 2.00 bits per heavy atom. The Morgan fingerprint density at radius 3 is 2.88 bits per heavy atom. The lowest BCUT2D eigenvalue weighted by molar-refractivity contribution is 0.415. The molecule has 2 nitrogen and oxygen atoms in total. The fourth-order valence-corrected chi connectivity index (χ4v) is 2.41. The fourth-order valence-electron chi connectivity index (χ4n) is 2.41. The molecule has 0 fully saturated rings. The molecule has 0 spiro atoms. The maximum Gasteiger partial charge on any atom is 0.119 e. The minimum atomic E-state index is 0.907. The molecule has 0 N–H and O–H groups in total. The number of methoxy groups -OCH3 is 1. The average Bonchev–Trinajstić information content (AvgIpc) is 2.35. The molecule has 0 radical (unpaired) electrons. The van der Waals surface area contributed by atoms with Crippen molar-refractivity contribution in [1.82, 2.24) is 4.98 Å². The largest absolute Gasteiger partial charge is 0.497 e. The molecule has 1 aromatic heterocycles. The Morgan fingerprint density at radius 1 is 1.12 bits per heavy atom. The number of fused-ring (bicyclic) bond motifs is 2. The van der Waals surface area contributed by atoms with Crippen LogP contribution in [0.15, 0.2) is 24.3 Å². The molecule has 0 saturated heterocycles. The van der Waals surface area contributed by atoms with E-state index in [-0.39, 0.29) is 0 Å². The van der Waals surface area contributed by atoms with Crippen molar-refractivity contribution < 1.29 is 4.74 Å². The smallest absolute Gasteiger partial charge is 0.119 e.